The minimum atomic E-state index is -0.740. The molecule has 1 atom stereocenters. The third-order valence-corrected chi connectivity index (χ3v) is 5.76. The number of piperidine rings is 1. The highest BCUT2D eigenvalue weighted by molar-refractivity contribution is 6.38. The lowest BCUT2D eigenvalue weighted by molar-refractivity contribution is -0.160. The monoisotopic (exact) mass is 415 g/mol. The van der Waals surface area contributed by atoms with Crippen molar-refractivity contribution in [1.82, 2.24) is 4.90 Å². The molecule has 7 heteroatoms. The van der Waals surface area contributed by atoms with Gasteiger partial charge in [-0.2, -0.15) is 0 Å². The van der Waals surface area contributed by atoms with Crippen molar-refractivity contribution in [2.45, 2.75) is 52.5 Å². The number of hydrogen-bond donors (Lipinski definition) is 0. The molecule has 0 spiro atoms. The number of carbonyl (C=O) groups excluding carboxylic acids is 3. The zero-order valence-corrected chi connectivity index (χ0v) is 17.8. The summed E-state index contributed by atoms with van der Waals surface area (Å²) in [6.07, 6.45) is 6.23. The summed E-state index contributed by atoms with van der Waals surface area (Å²) in [4.78, 5) is 39.4. The lowest BCUT2D eigenvalue weighted by Crippen LogP contribution is -2.53. The van der Waals surface area contributed by atoms with Crippen LogP contribution < -0.4 is 9.47 Å². The lowest BCUT2D eigenvalue weighted by atomic mass is 9.84. The Morgan fingerprint density at radius 3 is 2.73 bits per heavy atom. The van der Waals surface area contributed by atoms with Gasteiger partial charge in [-0.25, -0.2) is 4.79 Å². The summed E-state index contributed by atoms with van der Waals surface area (Å²) in [6.45, 7) is 6.09. The normalized spacial score (nSPS) is 18.5. The number of ether oxygens (including phenoxy) is 3. The van der Waals surface area contributed by atoms with Crippen LogP contribution in [0.2, 0.25) is 0 Å². The third kappa shape index (κ3) is 4.83. The van der Waals surface area contributed by atoms with E-state index in [1.807, 2.05) is 31.2 Å². The van der Waals surface area contributed by atoms with Crippen LogP contribution in [0.1, 0.15) is 52.0 Å². The Morgan fingerprint density at radius 1 is 1.20 bits per heavy atom. The Balaban J connectivity index is 1.57. The van der Waals surface area contributed by atoms with Crippen molar-refractivity contribution in [1.29, 1.82) is 0 Å². The first-order chi connectivity index (χ1) is 14.3. The van der Waals surface area contributed by atoms with Gasteiger partial charge >= 0.3 is 5.97 Å². The summed E-state index contributed by atoms with van der Waals surface area (Å²) in [7, 11) is 0. The predicted molar refractivity (Wildman–Crippen MR) is 111 cm³/mol. The van der Waals surface area contributed by atoms with Crippen LogP contribution in [0, 0.1) is 5.41 Å². The topological polar surface area (TPSA) is 82.1 Å². The summed E-state index contributed by atoms with van der Waals surface area (Å²) in [6, 6.07) is 4.85. The second-order valence-electron chi connectivity index (χ2n) is 8.22. The molecule has 0 saturated carbocycles. The number of esters is 1. The fourth-order valence-electron chi connectivity index (χ4n) is 3.43. The summed E-state index contributed by atoms with van der Waals surface area (Å²) in [5.74, 6) is -0.112. The van der Waals surface area contributed by atoms with E-state index < -0.39 is 29.1 Å². The van der Waals surface area contributed by atoms with Crippen molar-refractivity contribution < 1.29 is 28.6 Å². The average Bonchev–Trinajstić information content (AvgIpc) is 3.23. The Bertz CT molecular complexity index is 844. The Kier molecular flexibility index (Phi) is 6.80. The summed E-state index contributed by atoms with van der Waals surface area (Å²) < 4.78 is 16.0. The Labute approximate surface area is 177 Å². The van der Waals surface area contributed by atoms with Crippen LogP contribution in [0.25, 0.3) is 6.08 Å². The number of Topliss-reactive ketones (excluding diaryl/α,β-unsaturated/α-hetero) is 1. The van der Waals surface area contributed by atoms with Gasteiger partial charge in [0, 0.05) is 12.0 Å². The van der Waals surface area contributed by atoms with E-state index in [1.54, 1.807) is 19.9 Å². The number of fused-ring (bicyclic) bond motifs is 1. The van der Waals surface area contributed by atoms with E-state index >= 15 is 0 Å². The van der Waals surface area contributed by atoms with E-state index in [1.165, 1.54) is 4.90 Å². The first kappa shape index (κ1) is 21.9. The van der Waals surface area contributed by atoms with Crippen LogP contribution in [0.5, 0.6) is 11.5 Å². The van der Waals surface area contributed by atoms with Crippen molar-refractivity contribution in [3.8, 4) is 11.5 Å². The maximum absolute atomic E-state index is 12.8. The molecule has 1 aromatic rings. The van der Waals surface area contributed by atoms with Crippen LogP contribution in [0.15, 0.2) is 24.3 Å². The van der Waals surface area contributed by atoms with E-state index in [4.69, 9.17) is 14.2 Å². The van der Waals surface area contributed by atoms with Crippen LogP contribution in [0.4, 0.5) is 0 Å². The van der Waals surface area contributed by atoms with Gasteiger partial charge in [0.2, 0.25) is 12.6 Å². The van der Waals surface area contributed by atoms with Gasteiger partial charge < -0.3 is 19.1 Å². The van der Waals surface area contributed by atoms with Crippen LogP contribution in [0.3, 0.4) is 0 Å². The van der Waals surface area contributed by atoms with Gasteiger partial charge in [0.15, 0.2) is 11.5 Å². The van der Waals surface area contributed by atoms with Crippen molar-refractivity contribution in [2.75, 3.05) is 19.9 Å². The number of hydrogen-bond acceptors (Lipinski definition) is 6. The molecule has 2 aliphatic heterocycles. The molecule has 30 heavy (non-hydrogen) atoms. The van der Waals surface area contributed by atoms with E-state index in [-0.39, 0.29) is 13.4 Å². The molecule has 7 nitrogen and oxygen atoms in total. The van der Waals surface area contributed by atoms with Crippen LogP contribution >= 0.6 is 0 Å². The van der Waals surface area contributed by atoms with E-state index in [9.17, 15) is 14.4 Å². The number of carbonyl (C=O) groups is 3. The van der Waals surface area contributed by atoms with Gasteiger partial charge in [0.25, 0.3) is 5.91 Å². The fourth-order valence-corrected chi connectivity index (χ4v) is 3.43. The van der Waals surface area contributed by atoms with Gasteiger partial charge in [0.1, 0.15) is 12.6 Å². The smallest absolute Gasteiger partial charge is 0.329 e. The quantitative estimate of drug-likeness (QED) is 0.502. The van der Waals surface area contributed by atoms with E-state index in [0.717, 1.165) is 18.4 Å². The molecular formula is C23H29NO6. The number of rotatable bonds is 7. The Hall–Kier alpha value is -2.83. The van der Waals surface area contributed by atoms with Gasteiger partial charge in [-0.15, -0.1) is 0 Å². The van der Waals surface area contributed by atoms with Crippen LogP contribution in [-0.2, 0) is 19.1 Å². The molecule has 1 fully saturated rings. The SMILES string of the molecule is CCC(C)(C)C(=O)C(=O)N1CCCCC1C(=O)OCC=Cc1ccc2c(c1)OCO2. The van der Waals surface area contributed by atoms with Crippen molar-refractivity contribution in [2.24, 2.45) is 5.41 Å². The van der Waals surface area contributed by atoms with Gasteiger partial charge in [-0.3, -0.25) is 9.59 Å². The lowest BCUT2D eigenvalue weighted by Gasteiger charge is -2.35. The number of ketones is 1. The molecular weight excluding hydrogens is 386 g/mol. The highest BCUT2D eigenvalue weighted by atomic mass is 16.7. The molecule has 0 aromatic heterocycles. The minimum absolute atomic E-state index is 0.0835. The van der Waals surface area contributed by atoms with Crippen LogP contribution in [-0.4, -0.2) is 48.5 Å². The molecule has 1 unspecified atom stereocenters. The molecule has 0 radical (unpaired) electrons. The molecule has 2 heterocycles. The molecule has 2 aliphatic rings. The second kappa shape index (κ2) is 9.32. The van der Waals surface area contributed by atoms with Crippen molar-refractivity contribution in [3.63, 3.8) is 0 Å². The molecule has 1 amide bonds. The van der Waals surface area contributed by atoms with E-state index in [2.05, 4.69) is 0 Å². The molecule has 0 aliphatic carbocycles. The number of benzene rings is 1. The summed E-state index contributed by atoms with van der Waals surface area (Å²) in [5.41, 5.74) is 0.160. The zero-order chi connectivity index (χ0) is 21.7. The molecule has 162 valence electrons. The van der Waals surface area contributed by atoms with Gasteiger partial charge in [0.05, 0.1) is 0 Å². The molecule has 0 N–H and O–H groups in total. The Morgan fingerprint density at radius 2 is 1.97 bits per heavy atom. The first-order valence-electron chi connectivity index (χ1n) is 10.4. The largest absolute Gasteiger partial charge is 0.460 e. The standard InChI is InChI=1S/C23H29NO6/c1-4-23(2,3)20(25)21(26)24-12-6-5-9-17(24)22(27)28-13-7-8-16-10-11-18-19(14-16)30-15-29-18/h7-8,10-11,14,17H,4-6,9,12-13,15H2,1-3H3. The second-order valence-corrected chi connectivity index (χ2v) is 8.22. The molecule has 0 bridgehead atoms. The first-order valence-corrected chi connectivity index (χ1v) is 10.4. The van der Waals surface area contributed by atoms with Crippen molar-refractivity contribution >= 4 is 23.7 Å². The summed E-state index contributed by atoms with van der Waals surface area (Å²) >= 11 is 0. The zero-order valence-electron chi connectivity index (χ0n) is 17.8. The maximum Gasteiger partial charge on any atom is 0.329 e. The van der Waals surface area contributed by atoms with E-state index in [0.29, 0.717) is 30.9 Å². The maximum atomic E-state index is 12.8. The van der Waals surface area contributed by atoms with Crippen molar-refractivity contribution in [3.05, 3.63) is 29.8 Å². The third-order valence-electron chi connectivity index (χ3n) is 5.76. The fraction of sp³-hybridized carbons (Fsp3) is 0.522. The molecule has 1 aromatic carbocycles. The highest BCUT2D eigenvalue weighted by Crippen LogP contribution is 2.32. The minimum Gasteiger partial charge on any atom is -0.460 e. The molecule has 3 rings (SSSR count). The number of amides is 1. The average molecular weight is 415 g/mol. The molecule has 1 saturated heterocycles. The number of likely N-dealkylation sites (tertiary alicyclic amines) is 1. The van der Waals surface area contributed by atoms with Gasteiger partial charge in [-0.1, -0.05) is 32.9 Å². The summed E-state index contributed by atoms with van der Waals surface area (Å²) in [5, 5.41) is 0. The predicted octanol–water partition coefficient (Wildman–Crippen LogP) is 3.36. The highest BCUT2D eigenvalue weighted by Gasteiger charge is 2.40. The number of nitrogens with zero attached hydrogens (tertiary/aromatic N) is 1. The van der Waals surface area contributed by atoms with Gasteiger partial charge in [-0.05, 0) is 49.5 Å².